The Morgan fingerprint density at radius 3 is 2.42 bits per heavy atom. The molecule has 31 heavy (non-hydrogen) atoms. The van der Waals surface area contributed by atoms with Crippen molar-refractivity contribution in [1.82, 2.24) is 0 Å². The van der Waals surface area contributed by atoms with Crippen molar-refractivity contribution in [2.24, 2.45) is 11.8 Å². The molecule has 1 radical (unpaired) electrons. The maximum absolute atomic E-state index is 13.4. The third-order valence-corrected chi connectivity index (χ3v) is 8.34. The lowest BCUT2D eigenvalue weighted by atomic mass is 9.75. The van der Waals surface area contributed by atoms with Gasteiger partial charge < -0.3 is 4.74 Å². The topological polar surface area (TPSA) is 69.7 Å². The van der Waals surface area contributed by atoms with Gasteiger partial charge in [0.15, 0.2) is 0 Å². The molecule has 6 heteroatoms. The number of esters is 1. The van der Waals surface area contributed by atoms with E-state index in [1.807, 2.05) is 19.9 Å². The summed E-state index contributed by atoms with van der Waals surface area (Å²) in [6.45, 7) is 5.39. The van der Waals surface area contributed by atoms with Crippen LogP contribution >= 0.6 is 7.37 Å². The van der Waals surface area contributed by atoms with E-state index in [-0.39, 0.29) is 18.5 Å². The molecule has 3 unspecified atom stereocenters. The summed E-state index contributed by atoms with van der Waals surface area (Å²) in [5.41, 5.74) is 1.34. The highest BCUT2D eigenvalue weighted by atomic mass is 31.2. The van der Waals surface area contributed by atoms with Crippen molar-refractivity contribution >= 4 is 19.6 Å². The van der Waals surface area contributed by atoms with Gasteiger partial charge >= 0.3 is 5.97 Å². The van der Waals surface area contributed by atoms with Crippen LogP contribution in [0.1, 0.15) is 83.6 Å². The van der Waals surface area contributed by atoms with Crippen molar-refractivity contribution < 1.29 is 23.4 Å². The van der Waals surface area contributed by atoms with E-state index in [1.54, 1.807) is 13.2 Å². The number of ether oxygens (including phenoxy) is 1. The molecule has 0 bridgehead atoms. The molecule has 173 valence electrons. The summed E-state index contributed by atoms with van der Waals surface area (Å²) < 4.78 is 24.5. The van der Waals surface area contributed by atoms with Crippen molar-refractivity contribution in [2.45, 2.75) is 84.3 Å². The van der Waals surface area contributed by atoms with Gasteiger partial charge in [0.25, 0.3) is 0 Å². The van der Waals surface area contributed by atoms with Crippen LogP contribution in [0, 0.1) is 11.8 Å². The van der Waals surface area contributed by atoms with Crippen molar-refractivity contribution in [2.75, 3.05) is 12.3 Å². The molecule has 3 atom stereocenters. The first-order valence-electron chi connectivity index (χ1n) is 11.7. The molecule has 1 aromatic carbocycles. The first kappa shape index (κ1) is 25.8. The first-order chi connectivity index (χ1) is 14.9. The van der Waals surface area contributed by atoms with Crippen molar-refractivity contribution in [3.8, 4) is 0 Å². The van der Waals surface area contributed by atoms with E-state index < -0.39 is 19.6 Å². The van der Waals surface area contributed by atoms with E-state index in [0.29, 0.717) is 24.4 Å². The van der Waals surface area contributed by atoms with Crippen molar-refractivity contribution in [1.29, 1.82) is 0 Å². The van der Waals surface area contributed by atoms with E-state index >= 15 is 0 Å². The van der Waals surface area contributed by atoms with E-state index in [2.05, 4.69) is 24.3 Å². The Morgan fingerprint density at radius 1 is 1.16 bits per heavy atom. The average molecular weight is 450 g/mol. The minimum Gasteiger partial charge on any atom is -0.435 e. The minimum absolute atomic E-state index is 0.158. The zero-order valence-corrected chi connectivity index (χ0v) is 20.2. The molecule has 1 saturated carbocycles. The predicted molar refractivity (Wildman–Crippen MR) is 124 cm³/mol. The summed E-state index contributed by atoms with van der Waals surface area (Å²) in [6, 6.07) is 10.6. The highest BCUT2D eigenvalue weighted by Crippen LogP contribution is 2.50. The largest absolute Gasteiger partial charge is 0.435 e. The van der Waals surface area contributed by atoms with Crippen LogP contribution in [0.4, 0.5) is 0 Å². The lowest BCUT2D eigenvalue weighted by Gasteiger charge is -2.31. The molecule has 0 heterocycles. The van der Waals surface area contributed by atoms with E-state index in [9.17, 15) is 14.2 Å². The lowest BCUT2D eigenvalue weighted by Crippen LogP contribution is -2.26. The van der Waals surface area contributed by atoms with Gasteiger partial charge in [-0.25, -0.2) is 0 Å². The number of benzene rings is 1. The van der Waals surface area contributed by atoms with Gasteiger partial charge in [-0.15, -0.1) is 0 Å². The summed E-state index contributed by atoms with van der Waals surface area (Å²) in [7, 11) is -3.28. The average Bonchev–Trinajstić information content (AvgIpc) is 2.77. The maximum Gasteiger partial charge on any atom is 0.307 e. The molecule has 1 aliphatic rings. The molecule has 1 fully saturated rings. The number of carbonyl (C=O) groups is 1. The summed E-state index contributed by atoms with van der Waals surface area (Å²) in [5, 5.41) is 0. The van der Waals surface area contributed by atoms with E-state index in [0.717, 1.165) is 6.42 Å². The van der Waals surface area contributed by atoms with Gasteiger partial charge in [-0.05, 0) is 43.1 Å². The Morgan fingerprint density at radius 2 is 1.84 bits per heavy atom. The number of carbonyl (C=O) groups excluding carboxylic acids is 2. The summed E-state index contributed by atoms with van der Waals surface area (Å²) in [4.78, 5) is 22.9. The summed E-state index contributed by atoms with van der Waals surface area (Å²) >= 11 is 0. The normalized spacial score (nSPS) is 18.8. The first-order valence-corrected chi connectivity index (χ1v) is 13.7. The van der Waals surface area contributed by atoms with Crippen LogP contribution in [-0.2, 0) is 23.4 Å². The molecular weight excluding hydrogens is 411 g/mol. The Bertz CT molecular complexity index is 712. The van der Waals surface area contributed by atoms with Crippen LogP contribution in [0.5, 0.6) is 0 Å². The molecule has 0 saturated heterocycles. The maximum atomic E-state index is 13.4. The molecule has 5 nitrogen and oxygen atoms in total. The van der Waals surface area contributed by atoms with Crippen LogP contribution in [0.25, 0.3) is 0 Å². The Hall–Kier alpha value is -1.45. The highest BCUT2D eigenvalue weighted by Gasteiger charge is 2.32. The lowest BCUT2D eigenvalue weighted by molar-refractivity contribution is -0.168. The molecule has 1 aromatic rings. The zero-order chi connectivity index (χ0) is 22.7. The molecule has 0 aliphatic heterocycles. The number of hydrogen-bond donors (Lipinski definition) is 0. The van der Waals surface area contributed by atoms with Crippen LogP contribution < -0.4 is 0 Å². The van der Waals surface area contributed by atoms with Crippen LogP contribution in [0.15, 0.2) is 30.3 Å². The predicted octanol–water partition coefficient (Wildman–Crippen LogP) is 6.47. The third kappa shape index (κ3) is 8.54. The Balaban J connectivity index is 2.06. The van der Waals surface area contributed by atoms with Crippen LogP contribution in [-0.4, -0.2) is 30.9 Å². The van der Waals surface area contributed by atoms with Crippen LogP contribution in [0.3, 0.4) is 0 Å². The van der Waals surface area contributed by atoms with Gasteiger partial charge in [0.1, 0.15) is 0 Å². The summed E-state index contributed by atoms with van der Waals surface area (Å²) in [5.74, 6) is 0.508. The third-order valence-electron chi connectivity index (χ3n) is 6.14. The molecule has 0 aromatic heterocycles. The van der Waals surface area contributed by atoms with Gasteiger partial charge in [-0.3, -0.25) is 18.7 Å². The second-order valence-corrected chi connectivity index (χ2v) is 11.6. The highest BCUT2D eigenvalue weighted by molar-refractivity contribution is 7.59. The fourth-order valence-corrected chi connectivity index (χ4v) is 6.28. The molecule has 2 rings (SSSR count). The van der Waals surface area contributed by atoms with Crippen molar-refractivity contribution in [3.63, 3.8) is 0 Å². The Kier molecular flexibility index (Phi) is 11.0. The van der Waals surface area contributed by atoms with Crippen molar-refractivity contribution in [3.05, 3.63) is 35.9 Å². The van der Waals surface area contributed by atoms with Gasteiger partial charge in [0.2, 0.25) is 19.9 Å². The quantitative estimate of drug-likeness (QED) is 0.196. The fourth-order valence-electron chi connectivity index (χ4n) is 4.41. The van der Waals surface area contributed by atoms with Gasteiger partial charge in [0, 0.05) is 18.5 Å². The minimum atomic E-state index is -3.28. The molecule has 0 N–H and O–H groups in total. The molecule has 1 aliphatic carbocycles. The standard InChI is InChI=1S/C25H38O5P/c1-4-24(27)29-25(20(2)3)30-31(28,19-17-26)18-11-16-23(21-12-7-5-8-13-21)22-14-9-6-10-15-22/h5,7-8,12-13,20,22-23,25H,4,6,9-11,14-16,18-19H2,1-3H3. The van der Waals surface area contributed by atoms with E-state index in [4.69, 9.17) is 9.26 Å². The molecular formula is C25H38O5P. The second-order valence-electron chi connectivity index (χ2n) is 8.96. The van der Waals surface area contributed by atoms with Crippen LogP contribution in [0.2, 0.25) is 0 Å². The number of rotatable bonds is 13. The SMILES string of the molecule is CCC(=O)OC(OP(=O)(C[C]=O)CCCC(c1ccccc1)C1CCCCC1)C(C)C. The van der Waals surface area contributed by atoms with Gasteiger partial charge in [-0.1, -0.05) is 70.4 Å². The fraction of sp³-hybridized carbons (Fsp3) is 0.680. The van der Waals surface area contributed by atoms with E-state index in [1.165, 1.54) is 37.7 Å². The summed E-state index contributed by atoms with van der Waals surface area (Å²) in [6.07, 6.45) is 9.04. The monoisotopic (exact) mass is 449 g/mol. The second kappa shape index (κ2) is 13.2. The zero-order valence-electron chi connectivity index (χ0n) is 19.3. The Labute approximate surface area is 187 Å². The van der Waals surface area contributed by atoms with Gasteiger partial charge in [0.05, 0.1) is 6.16 Å². The molecule has 0 spiro atoms. The van der Waals surface area contributed by atoms with Gasteiger partial charge in [-0.2, -0.15) is 0 Å². The molecule has 0 amide bonds. The smallest absolute Gasteiger partial charge is 0.307 e. The number of hydrogen-bond acceptors (Lipinski definition) is 5.